The van der Waals surface area contributed by atoms with Crippen molar-refractivity contribution >= 4 is 17.4 Å². The highest BCUT2D eigenvalue weighted by Gasteiger charge is 2.06. The van der Waals surface area contributed by atoms with Crippen molar-refractivity contribution in [1.29, 1.82) is 0 Å². The summed E-state index contributed by atoms with van der Waals surface area (Å²) in [4.78, 5) is 8.70. The summed E-state index contributed by atoms with van der Waals surface area (Å²) in [6, 6.07) is 7.40. The molecule has 0 aliphatic heterocycles. The summed E-state index contributed by atoms with van der Waals surface area (Å²) in [5.74, 6) is 2.76. The summed E-state index contributed by atoms with van der Waals surface area (Å²) < 4.78 is 5.81. The fourth-order valence-electron chi connectivity index (χ4n) is 1.82. The van der Waals surface area contributed by atoms with E-state index < -0.39 is 0 Å². The van der Waals surface area contributed by atoms with Gasteiger partial charge in [-0.3, -0.25) is 0 Å². The number of ether oxygens (including phenoxy) is 1. The molecule has 0 amide bonds. The van der Waals surface area contributed by atoms with Crippen molar-refractivity contribution in [2.75, 3.05) is 12.4 Å². The summed E-state index contributed by atoms with van der Waals surface area (Å²) in [6.07, 6.45) is 1.62. The minimum Gasteiger partial charge on any atom is -0.439 e. The van der Waals surface area contributed by atoms with Crippen molar-refractivity contribution in [1.82, 2.24) is 9.97 Å². The molecule has 0 radical (unpaired) electrons. The van der Waals surface area contributed by atoms with Gasteiger partial charge < -0.3 is 10.1 Å². The third-order valence-corrected chi connectivity index (χ3v) is 3.31. The van der Waals surface area contributed by atoms with Crippen LogP contribution in [0.1, 0.15) is 25.2 Å². The minimum absolute atomic E-state index is 0.533. The molecule has 0 spiro atoms. The summed E-state index contributed by atoms with van der Waals surface area (Å²) in [7, 11) is 1.82. The van der Waals surface area contributed by atoms with Crippen molar-refractivity contribution in [2.45, 2.75) is 26.7 Å². The summed E-state index contributed by atoms with van der Waals surface area (Å²) in [5.41, 5.74) is 1.06. The largest absolute Gasteiger partial charge is 0.439 e. The van der Waals surface area contributed by atoms with Crippen molar-refractivity contribution < 1.29 is 4.74 Å². The van der Waals surface area contributed by atoms with Crippen molar-refractivity contribution in [2.24, 2.45) is 0 Å². The Bertz CT molecular complexity index is 579. The topological polar surface area (TPSA) is 47.0 Å². The SMILES string of the molecule is CCc1nc(NC)cc(Oc2ccc(Cl)c(CC)c2)n1. The van der Waals surface area contributed by atoms with Gasteiger partial charge in [0.25, 0.3) is 0 Å². The summed E-state index contributed by atoms with van der Waals surface area (Å²) >= 11 is 6.10. The average Bonchev–Trinajstić information content (AvgIpc) is 2.48. The average molecular weight is 292 g/mol. The first-order valence-corrected chi connectivity index (χ1v) is 7.06. The molecule has 0 aliphatic carbocycles. The maximum Gasteiger partial charge on any atom is 0.224 e. The van der Waals surface area contributed by atoms with E-state index in [1.165, 1.54) is 0 Å². The summed E-state index contributed by atoms with van der Waals surface area (Å²) in [6.45, 7) is 4.07. The van der Waals surface area contributed by atoms with Gasteiger partial charge >= 0.3 is 0 Å². The zero-order chi connectivity index (χ0) is 14.5. The van der Waals surface area contributed by atoms with Gasteiger partial charge in [-0.2, -0.15) is 4.98 Å². The molecule has 0 bridgehead atoms. The van der Waals surface area contributed by atoms with E-state index in [2.05, 4.69) is 22.2 Å². The van der Waals surface area contributed by atoms with Crippen LogP contribution in [-0.2, 0) is 12.8 Å². The molecule has 1 aromatic carbocycles. The zero-order valence-electron chi connectivity index (χ0n) is 11.9. The molecule has 1 aromatic heterocycles. The fourth-order valence-corrected chi connectivity index (χ4v) is 2.07. The standard InChI is InChI=1S/C15H18ClN3O/c1-4-10-8-11(6-7-12(10)16)20-15-9-14(17-3)18-13(5-2)19-15/h6-9H,4-5H2,1-3H3,(H,17,18,19). The number of benzene rings is 1. The van der Waals surface area contributed by atoms with Gasteiger partial charge in [-0.15, -0.1) is 0 Å². The van der Waals surface area contributed by atoms with Gasteiger partial charge in [0.05, 0.1) is 0 Å². The Morgan fingerprint density at radius 3 is 2.60 bits per heavy atom. The van der Waals surface area contributed by atoms with Gasteiger partial charge in [-0.25, -0.2) is 4.98 Å². The second-order valence-corrected chi connectivity index (χ2v) is 4.73. The lowest BCUT2D eigenvalue weighted by Gasteiger charge is -2.10. The quantitative estimate of drug-likeness (QED) is 0.901. The third kappa shape index (κ3) is 3.39. The van der Waals surface area contributed by atoms with Crippen LogP contribution in [-0.4, -0.2) is 17.0 Å². The van der Waals surface area contributed by atoms with E-state index in [1.807, 2.05) is 32.2 Å². The van der Waals surface area contributed by atoms with Crippen LogP contribution in [0.15, 0.2) is 24.3 Å². The summed E-state index contributed by atoms with van der Waals surface area (Å²) in [5, 5.41) is 3.76. The molecule has 20 heavy (non-hydrogen) atoms. The Balaban J connectivity index is 2.29. The molecule has 106 valence electrons. The molecule has 1 N–H and O–H groups in total. The highest BCUT2D eigenvalue weighted by molar-refractivity contribution is 6.31. The molecule has 2 rings (SSSR count). The Morgan fingerprint density at radius 2 is 1.95 bits per heavy atom. The number of hydrogen-bond acceptors (Lipinski definition) is 4. The molecule has 0 fully saturated rings. The van der Waals surface area contributed by atoms with Gasteiger partial charge in [0.15, 0.2) is 0 Å². The molecule has 2 aromatic rings. The Labute approximate surface area is 124 Å². The molecule has 0 atom stereocenters. The van der Waals surface area contributed by atoms with Crippen LogP contribution >= 0.6 is 11.6 Å². The first-order chi connectivity index (χ1) is 9.66. The molecule has 0 saturated carbocycles. The fraction of sp³-hybridized carbons (Fsp3) is 0.333. The second kappa shape index (κ2) is 6.57. The van der Waals surface area contributed by atoms with E-state index in [1.54, 1.807) is 6.07 Å². The molecular formula is C15H18ClN3O. The Hall–Kier alpha value is -1.81. The first kappa shape index (κ1) is 14.6. The van der Waals surface area contributed by atoms with E-state index in [0.29, 0.717) is 5.88 Å². The van der Waals surface area contributed by atoms with Crippen molar-refractivity contribution in [3.63, 3.8) is 0 Å². The Morgan fingerprint density at radius 1 is 1.15 bits per heavy atom. The normalized spacial score (nSPS) is 10.4. The number of aromatic nitrogens is 2. The number of rotatable bonds is 5. The maximum atomic E-state index is 6.10. The van der Waals surface area contributed by atoms with Gasteiger partial charge in [0.2, 0.25) is 5.88 Å². The van der Waals surface area contributed by atoms with Gasteiger partial charge in [0.1, 0.15) is 17.4 Å². The van der Waals surface area contributed by atoms with Crippen LogP contribution < -0.4 is 10.1 Å². The molecule has 0 unspecified atom stereocenters. The van der Waals surface area contributed by atoms with Gasteiger partial charge in [-0.1, -0.05) is 25.4 Å². The number of nitrogens with one attached hydrogen (secondary N) is 1. The molecule has 5 heteroatoms. The lowest BCUT2D eigenvalue weighted by atomic mass is 10.1. The molecular weight excluding hydrogens is 274 g/mol. The third-order valence-electron chi connectivity index (χ3n) is 2.94. The van der Waals surface area contributed by atoms with E-state index in [0.717, 1.165) is 40.8 Å². The maximum absolute atomic E-state index is 6.10. The van der Waals surface area contributed by atoms with E-state index >= 15 is 0 Å². The highest BCUT2D eigenvalue weighted by Crippen LogP contribution is 2.26. The van der Waals surface area contributed by atoms with E-state index in [-0.39, 0.29) is 0 Å². The smallest absolute Gasteiger partial charge is 0.224 e. The lowest BCUT2D eigenvalue weighted by Crippen LogP contribution is -2.01. The number of anilines is 1. The highest BCUT2D eigenvalue weighted by atomic mass is 35.5. The van der Waals surface area contributed by atoms with Crippen LogP contribution in [0.2, 0.25) is 5.02 Å². The van der Waals surface area contributed by atoms with Crippen LogP contribution in [0.25, 0.3) is 0 Å². The van der Waals surface area contributed by atoms with Crippen LogP contribution in [0.4, 0.5) is 5.82 Å². The minimum atomic E-state index is 0.533. The van der Waals surface area contributed by atoms with E-state index in [4.69, 9.17) is 16.3 Å². The lowest BCUT2D eigenvalue weighted by molar-refractivity contribution is 0.458. The molecule has 4 nitrogen and oxygen atoms in total. The van der Waals surface area contributed by atoms with Gasteiger partial charge in [0, 0.05) is 24.6 Å². The number of halogens is 1. The Kier molecular flexibility index (Phi) is 4.79. The van der Waals surface area contributed by atoms with Crippen LogP contribution in [0.5, 0.6) is 11.6 Å². The zero-order valence-corrected chi connectivity index (χ0v) is 12.7. The molecule has 1 heterocycles. The predicted octanol–water partition coefficient (Wildman–Crippen LogP) is 4.09. The first-order valence-electron chi connectivity index (χ1n) is 6.68. The van der Waals surface area contributed by atoms with Crippen LogP contribution in [0, 0.1) is 0 Å². The monoisotopic (exact) mass is 291 g/mol. The van der Waals surface area contributed by atoms with Gasteiger partial charge in [-0.05, 0) is 30.2 Å². The van der Waals surface area contributed by atoms with Crippen molar-refractivity contribution in [3.05, 3.63) is 40.7 Å². The number of hydrogen-bond donors (Lipinski definition) is 1. The number of aryl methyl sites for hydroxylation is 2. The van der Waals surface area contributed by atoms with E-state index in [9.17, 15) is 0 Å². The number of nitrogens with zero attached hydrogens (tertiary/aromatic N) is 2. The molecule has 0 saturated heterocycles. The van der Waals surface area contributed by atoms with Crippen molar-refractivity contribution in [3.8, 4) is 11.6 Å². The molecule has 0 aliphatic rings. The predicted molar refractivity (Wildman–Crippen MR) is 81.9 cm³/mol. The van der Waals surface area contributed by atoms with Crippen LogP contribution in [0.3, 0.4) is 0 Å². The second-order valence-electron chi connectivity index (χ2n) is 4.32.